The van der Waals surface area contributed by atoms with Crippen LogP contribution in [0, 0.1) is 0 Å². The topological polar surface area (TPSA) is 142 Å². The van der Waals surface area contributed by atoms with Gasteiger partial charge in [-0.3, -0.25) is 0 Å². The van der Waals surface area contributed by atoms with Gasteiger partial charge in [0.2, 0.25) is 0 Å². The molecule has 0 radical (unpaired) electrons. The van der Waals surface area contributed by atoms with E-state index in [0.29, 0.717) is 6.42 Å². The molecule has 7 heteroatoms. The highest BCUT2D eigenvalue weighted by Gasteiger charge is 1.93. The Kier molecular flexibility index (Phi) is 26.0. The molecule has 7 nitrogen and oxygen atoms in total. The Hall–Kier alpha value is -0.280. The van der Waals surface area contributed by atoms with Gasteiger partial charge in [-0.25, -0.2) is 0 Å². The molecule has 0 fully saturated rings. The normalized spacial score (nSPS) is 9.20. The van der Waals surface area contributed by atoms with Crippen LogP contribution < -0.4 is 0 Å². The third-order valence-electron chi connectivity index (χ3n) is 0.887. The fourth-order valence-corrected chi connectivity index (χ4v) is 0.0577. The smallest absolute Gasteiger partial charge is 0.151 e. The van der Waals surface area contributed by atoms with E-state index in [1.165, 1.54) is 0 Å². The van der Waals surface area contributed by atoms with Gasteiger partial charge in [-0.1, -0.05) is 6.92 Å². The zero-order valence-electron chi connectivity index (χ0n) is 8.82. The van der Waals surface area contributed by atoms with Crippen molar-refractivity contribution in [3.05, 3.63) is 0 Å². The Balaban J connectivity index is -0.000000147. The van der Waals surface area contributed by atoms with E-state index in [1.807, 2.05) is 0 Å². The quantitative estimate of drug-likeness (QED) is 0.255. The van der Waals surface area contributed by atoms with E-state index in [2.05, 4.69) is 0 Å². The van der Waals surface area contributed by atoms with E-state index in [9.17, 15) is 0 Å². The Morgan fingerprint density at radius 1 is 0.800 bits per heavy atom. The van der Waals surface area contributed by atoms with E-state index < -0.39 is 12.4 Å². The molecule has 0 spiro atoms. The minimum absolute atomic E-state index is 0.125. The first-order chi connectivity index (χ1) is 6.99. The molecule has 0 aromatic heterocycles. The van der Waals surface area contributed by atoms with E-state index in [4.69, 9.17) is 35.7 Å². The molecule has 0 aliphatic carbocycles. The predicted molar refractivity (Wildman–Crippen MR) is 52.9 cm³/mol. The zero-order chi connectivity index (χ0) is 12.7. The molecule has 96 valence electrons. The summed E-state index contributed by atoms with van der Waals surface area (Å²) in [6.07, 6.45) is -1.65. The summed E-state index contributed by atoms with van der Waals surface area (Å²) >= 11 is 0. The van der Waals surface area contributed by atoms with Crippen molar-refractivity contribution in [1.82, 2.24) is 0 Å². The minimum Gasteiger partial charge on any atom is -0.394 e. The maximum Gasteiger partial charge on any atom is 0.151 e. The molecule has 0 heterocycles. The second-order valence-corrected chi connectivity index (χ2v) is 2.36. The molecule has 0 aliphatic rings. The monoisotopic (exact) mass is 230 g/mol. The largest absolute Gasteiger partial charge is 0.394 e. The maximum atomic E-state index is 8.17. The summed E-state index contributed by atoms with van der Waals surface area (Å²) in [5.74, 6) is 0. The molecular weight excluding hydrogens is 208 g/mol. The summed E-state index contributed by atoms with van der Waals surface area (Å²) < 4.78 is 0. The summed E-state index contributed by atoms with van der Waals surface area (Å²) in [5.41, 5.74) is 0. The van der Waals surface area contributed by atoms with Crippen LogP contribution in [0.25, 0.3) is 0 Å². The molecule has 0 aromatic rings. The number of aliphatic hydroxyl groups excluding tert-OH is 6. The first-order valence-electron chi connectivity index (χ1n) is 4.47. The van der Waals surface area contributed by atoms with E-state index in [0.717, 1.165) is 0 Å². The average Bonchev–Trinajstić information content (AvgIpc) is 2.28. The number of hydrogen-bond acceptors (Lipinski definition) is 7. The Morgan fingerprint density at radius 3 is 1.07 bits per heavy atom. The molecule has 0 aliphatic heterocycles. The first kappa shape index (κ1) is 20.2. The van der Waals surface area contributed by atoms with Gasteiger partial charge in [0.15, 0.2) is 6.29 Å². The van der Waals surface area contributed by atoms with Gasteiger partial charge >= 0.3 is 0 Å². The molecule has 0 saturated heterocycles. The van der Waals surface area contributed by atoms with E-state index in [-0.39, 0.29) is 26.4 Å². The second kappa shape index (κ2) is 19.3. The van der Waals surface area contributed by atoms with Crippen LogP contribution in [0.3, 0.4) is 0 Å². The van der Waals surface area contributed by atoms with Crippen molar-refractivity contribution in [2.75, 3.05) is 26.4 Å². The molecule has 0 rings (SSSR count). The molecule has 7 N–H and O–H groups in total. The number of hydrogen-bond donors (Lipinski definition) is 7. The van der Waals surface area contributed by atoms with Gasteiger partial charge in [0.05, 0.1) is 26.4 Å². The first-order valence-corrected chi connectivity index (χ1v) is 4.47. The molecule has 0 saturated carbocycles. The van der Waals surface area contributed by atoms with Crippen LogP contribution in [-0.4, -0.2) is 74.6 Å². The van der Waals surface area contributed by atoms with Gasteiger partial charge in [0.1, 0.15) is 6.10 Å². The lowest BCUT2D eigenvalue weighted by molar-refractivity contribution is -0.0413. The third kappa shape index (κ3) is 41.7. The molecular formula is C8H22O7. The van der Waals surface area contributed by atoms with Crippen LogP contribution in [0.5, 0.6) is 0 Å². The van der Waals surface area contributed by atoms with Crippen molar-refractivity contribution in [1.29, 1.82) is 0 Å². The predicted octanol–water partition coefficient (Wildman–Crippen LogP) is -2.99. The van der Waals surface area contributed by atoms with Crippen molar-refractivity contribution in [2.24, 2.45) is 0 Å². The average molecular weight is 230 g/mol. The van der Waals surface area contributed by atoms with Gasteiger partial charge in [-0.15, -0.1) is 0 Å². The van der Waals surface area contributed by atoms with Crippen molar-refractivity contribution < 1.29 is 35.7 Å². The molecule has 0 unspecified atom stereocenters. The van der Waals surface area contributed by atoms with Crippen molar-refractivity contribution in [2.45, 2.75) is 25.7 Å². The van der Waals surface area contributed by atoms with Crippen LogP contribution in [0.1, 0.15) is 13.3 Å². The van der Waals surface area contributed by atoms with Gasteiger partial charge in [-0.2, -0.15) is 0 Å². The van der Waals surface area contributed by atoms with Crippen molar-refractivity contribution in [3.63, 3.8) is 0 Å². The highest BCUT2D eigenvalue weighted by Crippen LogP contribution is 1.77. The molecule has 0 aromatic carbocycles. The summed E-state index contributed by atoms with van der Waals surface area (Å²) in [7, 11) is 0. The summed E-state index contributed by atoms with van der Waals surface area (Å²) in [6.45, 7) is 0.720. The summed E-state index contributed by atoms with van der Waals surface area (Å²) in [5, 5.41) is 55.1. The molecule has 0 bridgehead atoms. The molecule has 0 amide bonds. The summed E-state index contributed by atoms with van der Waals surface area (Å²) in [4.78, 5) is 0. The van der Waals surface area contributed by atoms with Crippen LogP contribution >= 0.6 is 0 Å². The SMILES string of the molecule is CCC(O)O.OCC(O)CO.OCCO. The van der Waals surface area contributed by atoms with Crippen molar-refractivity contribution >= 4 is 0 Å². The number of rotatable bonds is 4. The fraction of sp³-hybridized carbons (Fsp3) is 1.00. The van der Waals surface area contributed by atoms with Crippen LogP contribution in [0.4, 0.5) is 0 Å². The van der Waals surface area contributed by atoms with E-state index in [1.54, 1.807) is 6.92 Å². The lowest BCUT2D eigenvalue weighted by Gasteiger charge is -1.96. The Morgan fingerprint density at radius 2 is 1.07 bits per heavy atom. The second-order valence-electron chi connectivity index (χ2n) is 2.36. The van der Waals surface area contributed by atoms with Crippen LogP contribution in [0.15, 0.2) is 0 Å². The highest BCUT2D eigenvalue weighted by atomic mass is 16.5. The summed E-state index contributed by atoms with van der Waals surface area (Å²) in [6, 6.07) is 0. The highest BCUT2D eigenvalue weighted by molar-refractivity contribution is 4.44. The maximum absolute atomic E-state index is 8.17. The van der Waals surface area contributed by atoms with E-state index >= 15 is 0 Å². The molecule has 0 atom stereocenters. The lowest BCUT2D eigenvalue weighted by Crippen LogP contribution is -2.15. The lowest BCUT2D eigenvalue weighted by atomic mass is 10.4. The Bertz CT molecular complexity index is 83.1. The molecule has 15 heavy (non-hydrogen) atoms. The van der Waals surface area contributed by atoms with Gasteiger partial charge in [0.25, 0.3) is 0 Å². The zero-order valence-corrected chi connectivity index (χ0v) is 8.82. The van der Waals surface area contributed by atoms with Gasteiger partial charge in [-0.05, 0) is 6.42 Å². The van der Waals surface area contributed by atoms with Gasteiger partial charge < -0.3 is 35.7 Å². The Labute approximate surface area is 88.9 Å². The third-order valence-corrected chi connectivity index (χ3v) is 0.887. The number of aliphatic hydroxyl groups is 7. The minimum atomic E-state index is -1.12. The van der Waals surface area contributed by atoms with Crippen molar-refractivity contribution in [3.8, 4) is 0 Å². The fourth-order valence-electron chi connectivity index (χ4n) is 0.0577. The van der Waals surface area contributed by atoms with Crippen LogP contribution in [0.2, 0.25) is 0 Å². The van der Waals surface area contributed by atoms with Crippen LogP contribution in [-0.2, 0) is 0 Å². The van der Waals surface area contributed by atoms with Gasteiger partial charge in [0, 0.05) is 0 Å². The standard InChI is InChI=1S/C3H8O3.C3H8O2.C2H6O2/c4-1-3(6)2-5;1-2-3(4)5;3-1-2-4/h3-6H,1-2H2;3-5H,2H2,1H3;3-4H,1-2H2.